The number of halogens is 1. The maximum Gasteiger partial charge on any atom is 0.289 e. The van der Waals surface area contributed by atoms with Crippen molar-refractivity contribution in [3.8, 4) is 0 Å². The van der Waals surface area contributed by atoms with Crippen LogP contribution in [-0.4, -0.2) is 20.4 Å². The lowest BCUT2D eigenvalue weighted by Gasteiger charge is -2.22. The standard InChI is InChI=1S/C15H15ClN2O4S/c1-10-4-5-11(2)14(8-10)17(3)23(21,22)12-6-7-13(16)15(9-12)18(19)20/h4-9H,1-3H3. The number of hydrogen-bond acceptors (Lipinski definition) is 4. The average molecular weight is 355 g/mol. The number of nitro benzene ring substituents is 1. The fraction of sp³-hybridized carbons (Fsp3) is 0.200. The molecule has 122 valence electrons. The van der Waals surface area contributed by atoms with Crippen LogP contribution in [0.2, 0.25) is 5.02 Å². The lowest BCUT2D eigenvalue weighted by Crippen LogP contribution is -2.27. The van der Waals surface area contributed by atoms with Crippen LogP contribution in [0.4, 0.5) is 11.4 Å². The summed E-state index contributed by atoms with van der Waals surface area (Å²) < 4.78 is 26.6. The Kier molecular flexibility index (Phi) is 4.63. The van der Waals surface area contributed by atoms with E-state index < -0.39 is 20.6 Å². The third-order valence-electron chi connectivity index (χ3n) is 3.48. The Hall–Kier alpha value is -2.12. The van der Waals surface area contributed by atoms with Crippen molar-refractivity contribution >= 4 is 33.0 Å². The van der Waals surface area contributed by atoms with Crippen LogP contribution in [0.1, 0.15) is 11.1 Å². The van der Waals surface area contributed by atoms with E-state index in [4.69, 9.17) is 11.6 Å². The minimum absolute atomic E-state index is 0.108. The summed E-state index contributed by atoms with van der Waals surface area (Å²) in [6.45, 7) is 3.65. The van der Waals surface area contributed by atoms with E-state index in [1.807, 2.05) is 19.1 Å². The molecule has 0 N–H and O–H groups in total. The molecule has 8 heteroatoms. The number of benzene rings is 2. The molecule has 0 fully saturated rings. The van der Waals surface area contributed by atoms with Crippen LogP contribution in [-0.2, 0) is 10.0 Å². The highest BCUT2D eigenvalue weighted by Crippen LogP contribution is 2.31. The highest BCUT2D eigenvalue weighted by Gasteiger charge is 2.26. The van der Waals surface area contributed by atoms with Gasteiger partial charge in [-0.2, -0.15) is 0 Å². The van der Waals surface area contributed by atoms with E-state index in [0.717, 1.165) is 21.5 Å². The summed E-state index contributed by atoms with van der Waals surface area (Å²) in [7, 11) is -2.52. The maximum absolute atomic E-state index is 12.7. The van der Waals surface area contributed by atoms with Crippen LogP contribution in [0.3, 0.4) is 0 Å². The van der Waals surface area contributed by atoms with E-state index in [0.29, 0.717) is 5.69 Å². The molecule has 23 heavy (non-hydrogen) atoms. The lowest BCUT2D eigenvalue weighted by atomic mass is 10.1. The molecule has 0 spiro atoms. The zero-order chi connectivity index (χ0) is 17.4. The van der Waals surface area contributed by atoms with Crippen molar-refractivity contribution in [2.45, 2.75) is 18.7 Å². The largest absolute Gasteiger partial charge is 0.289 e. The van der Waals surface area contributed by atoms with Gasteiger partial charge in [0.05, 0.1) is 15.5 Å². The predicted octanol–water partition coefficient (Wildman–Crippen LogP) is 3.69. The van der Waals surface area contributed by atoms with Gasteiger partial charge in [-0.15, -0.1) is 0 Å². The quantitative estimate of drug-likeness (QED) is 0.619. The number of sulfonamides is 1. The van der Waals surface area contributed by atoms with Gasteiger partial charge < -0.3 is 0 Å². The Bertz CT molecular complexity index is 881. The van der Waals surface area contributed by atoms with Gasteiger partial charge in [0, 0.05) is 13.1 Å². The summed E-state index contributed by atoms with van der Waals surface area (Å²) in [4.78, 5) is 10.1. The number of hydrogen-bond donors (Lipinski definition) is 0. The molecule has 0 radical (unpaired) electrons. The smallest absolute Gasteiger partial charge is 0.269 e. The number of anilines is 1. The SMILES string of the molecule is Cc1ccc(C)c(N(C)S(=O)(=O)c2ccc(Cl)c([N+](=O)[O-])c2)c1. The first kappa shape index (κ1) is 17.2. The number of nitro groups is 1. The van der Waals surface area contributed by atoms with Gasteiger partial charge in [-0.05, 0) is 43.2 Å². The van der Waals surface area contributed by atoms with Crippen molar-refractivity contribution in [3.05, 3.63) is 62.7 Å². The van der Waals surface area contributed by atoms with Crippen LogP contribution in [0.25, 0.3) is 0 Å². The van der Waals surface area contributed by atoms with Crippen molar-refractivity contribution in [2.75, 3.05) is 11.4 Å². The normalized spacial score (nSPS) is 11.3. The van der Waals surface area contributed by atoms with Crippen molar-refractivity contribution in [1.82, 2.24) is 0 Å². The number of nitrogens with zero attached hydrogens (tertiary/aromatic N) is 2. The Morgan fingerprint density at radius 3 is 2.39 bits per heavy atom. The molecule has 0 saturated heterocycles. The van der Waals surface area contributed by atoms with Gasteiger partial charge >= 0.3 is 0 Å². The Balaban J connectivity index is 2.56. The molecule has 0 aliphatic carbocycles. The Morgan fingerprint density at radius 2 is 1.78 bits per heavy atom. The molecule has 0 bridgehead atoms. The molecule has 2 rings (SSSR count). The monoisotopic (exact) mass is 354 g/mol. The molecule has 0 unspecified atom stereocenters. The number of rotatable bonds is 4. The zero-order valence-electron chi connectivity index (χ0n) is 12.8. The third kappa shape index (κ3) is 3.30. The highest BCUT2D eigenvalue weighted by atomic mass is 35.5. The summed E-state index contributed by atoms with van der Waals surface area (Å²) in [6.07, 6.45) is 0. The van der Waals surface area contributed by atoms with Crippen molar-refractivity contribution < 1.29 is 13.3 Å². The van der Waals surface area contributed by atoms with Gasteiger partial charge in [-0.1, -0.05) is 23.7 Å². The van der Waals surface area contributed by atoms with Gasteiger partial charge in [0.15, 0.2) is 0 Å². The summed E-state index contributed by atoms with van der Waals surface area (Å²) in [5.74, 6) is 0. The van der Waals surface area contributed by atoms with Crippen LogP contribution in [0.5, 0.6) is 0 Å². The fourth-order valence-corrected chi connectivity index (χ4v) is 3.60. The Labute approximate surface area is 139 Å². The predicted molar refractivity (Wildman–Crippen MR) is 89.6 cm³/mol. The topological polar surface area (TPSA) is 80.5 Å². The molecule has 0 amide bonds. The first-order chi connectivity index (χ1) is 10.6. The van der Waals surface area contributed by atoms with E-state index in [1.54, 1.807) is 13.0 Å². The van der Waals surface area contributed by atoms with Crippen molar-refractivity contribution in [2.24, 2.45) is 0 Å². The molecule has 0 atom stereocenters. The first-order valence-corrected chi connectivity index (χ1v) is 8.46. The first-order valence-electron chi connectivity index (χ1n) is 6.64. The second-order valence-corrected chi connectivity index (χ2v) is 7.51. The van der Waals surface area contributed by atoms with Crippen LogP contribution in [0.15, 0.2) is 41.3 Å². The van der Waals surface area contributed by atoms with Gasteiger partial charge in [-0.25, -0.2) is 8.42 Å². The van der Waals surface area contributed by atoms with Gasteiger partial charge in [-0.3, -0.25) is 14.4 Å². The molecule has 2 aromatic carbocycles. The minimum Gasteiger partial charge on any atom is -0.269 e. The average Bonchev–Trinajstić information content (AvgIpc) is 2.48. The van der Waals surface area contributed by atoms with E-state index in [1.165, 1.54) is 19.2 Å². The molecule has 6 nitrogen and oxygen atoms in total. The molecular weight excluding hydrogens is 340 g/mol. The molecular formula is C15H15ClN2O4S. The van der Waals surface area contributed by atoms with E-state index in [2.05, 4.69) is 0 Å². The molecule has 0 saturated carbocycles. The third-order valence-corrected chi connectivity index (χ3v) is 5.56. The van der Waals surface area contributed by atoms with E-state index >= 15 is 0 Å². The molecule has 0 aromatic heterocycles. The second kappa shape index (κ2) is 6.17. The number of aryl methyl sites for hydroxylation is 2. The van der Waals surface area contributed by atoms with Crippen molar-refractivity contribution in [3.63, 3.8) is 0 Å². The van der Waals surface area contributed by atoms with Gasteiger partial charge in [0.25, 0.3) is 15.7 Å². The summed E-state index contributed by atoms with van der Waals surface area (Å²) in [6, 6.07) is 8.89. The lowest BCUT2D eigenvalue weighted by molar-refractivity contribution is -0.384. The van der Waals surface area contributed by atoms with Gasteiger partial charge in [0.1, 0.15) is 5.02 Å². The van der Waals surface area contributed by atoms with E-state index in [9.17, 15) is 18.5 Å². The van der Waals surface area contributed by atoms with Crippen LogP contribution < -0.4 is 4.31 Å². The second-order valence-electron chi connectivity index (χ2n) is 5.13. The maximum atomic E-state index is 12.7. The fourth-order valence-electron chi connectivity index (χ4n) is 2.14. The molecule has 0 aliphatic rings. The van der Waals surface area contributed by atoms with E-state index in [-0.39, 0.29) is 9.92 Å². The van der Waals surface area contributed by atoms with Crippen LogP contribution in [0, 0.1) is 24.0 Å². The highest BCUT2D eigenvalue weighted by molar-refractivity contribution is 7.92. The molecule has 0 heterocycles. The van der Waals surface area contributed by atoms with Gasteiger partial charge in [0.2, 0.25) is 0 Å². The summed E-state index contributed by atoms with van der Waals surface area (Å²) >= 11 is 5.73. The van der Waals surface area contributed by atoms with Crippen molar-refractivity contribution in [1.29, 1.82) is 0 Å². The zero-order valence-corrected chi connectivity index (χ0v) is 14.4. The molecule has 0 aliphatic heterocycles. The Morgan fingerprint density at radius 1 is 1.13 bits per heavy atom. The molecule has 2 aromatic rings. The summed E-state index contributed by atoms with van der Waals surface area (Å²) in [5, 5.41) is 10.8. The van der Waals surface area contributed by atoms with Crippen LogP contribution >= 0.6 is 11.6 Å². The minimum atomic E-state index is -3.93. The summed E-state index contributed by atoms with van der Waals surface area (Å²) in [5.41, 5.74) is 1.77.